The summed E-state index contributed by atoms with van der Waals surface area (Å²) in [6, 6.07) is 18.1. The maximum absolute atomic E-state index is 13.5. The fourth-order valence-corrected chi connectivity index (χ4v) is 4.58. The molecule has 35 heavy (non-hydrogen) atoms. The Labute approximate surface area is 203 Å². The molecule has 5 rings (SSSR count). The van der Waals surface area contributed by atoms with Crippen molar-refractivity contribution in [2.75, 3.05) is 13.1 Å². The van der Waals surface area contributed by atoms with E-state index >= 15 is 0 Å². The van der Waals surface area contributed by atoms with Gasteiger partial charge >= 0.3 is 0 Å². The molecule has 3 heterocycles. The molecular formula is C28H26F2N4O. The lowest BCUT2D eigenvalue weighted by Gasteiger charge is -2.32. The second-order valence-electron chi connectivity index (χ2n) is 8.92. The van der Waals surface area contributed by atoms with Crippen LogP contribution in [0.15, 0.2) is 79.1 Å². The molecule has 4 aromatic rings. The van der Waals surface area contributed by atoms with E-state index in [-0.39, 0.29) is 24.0 Å². The molecule has 0 atom stereocenters. The number of rotatable bonds is 6. The predicted molar refractivity (Wildman–Crippen MR) is 130 cm³/mol. The summed E-state index contributed by atoms with van der Waals surface area (Å²) in [6.07, 6.45) is 6.56. The fraction of sp³-hybridized carbons (Fsp3) is 0.250. The van der Waals surface area contributed by atoms with Gasteiger partial charge in [0.1, 0.15) is 17.5 Å². The van der Waals surface area contributed by atoms with Crippen molar-refractivity contribution in [2.24, 2.45) is 5.92 Å². The number of pyridine rings is 1. The molecule has 0 spiro atoms. The highest BCUT2D eigenvalue weighted by molar-refractivity contribution is 5.78. The summed E-state index contributed by atoms with van der Waals surface area (Å²) in [5.41, 5.74) is 3.18. The van der Waals surface area contributed by atoms with Crippen molar-refractivity contribution >= 4 is 5.91 Å². The SMILES string of the molecule is O=C(Cc1nc(-c2ccc(F)cc2)cn1-c1ccc(F)cc1)N1CCC(Cc2ccccn2)CC1. The number of carbonyl (C=O) groups is 1. The van der Waals surface area contributed by atoms with E-state index in [9.17, 15) is 13.6 Å². The van der Waals surface area contributed by atoms with Gasteiger partial charge < -0.3 is 9.47 Å². The lowest BCUT2D eigenvalue weighted by molar-refractivity contribution is -0.132. The summed E-state index contributed by atoms with van der Waals surface area (Å²) in [6.45, 7) is 1.41. The Kier molecular flexibility index (Phi) is 6.66. The Morgan fingerprint density at radius 1 is 0.914 bits per heavy atom. The number of halogens is 2. The zero-order valence-corrected chi connectivity index (χ0v) is 19.3. The van der Waals surface area contributed by atoms with Gasteiger partial charge in [-0.05, 0) is 85.8 Å². The lowest BCUT2D eigenvalue weighted by Crippen LogP contribution is -2.40. The standard InChI is InChI=1S/C28H26F2N4O/c29-22-6-4-21(5-7-22)26-19-34(25-10-8-23(30)9-11-25)27(32-26)18-28(35)33-15-12-20(13-16-33)17-24-3-1-2-14-31-24/h1-11,14,19-20H,12-13,15-18H2. The van der Waals surface area contributed by atoms with Crippen LogP contribution in [-0.2, 0) is 17.6 Å². The van der Waals surface area contributed by atoms with Gasteiger partial charge in [-0.25, -0.2) is 13.8 Å². The van der Waals surface area contributed by atoms with E-state index in [1.54, 1.807) is 24.3 Å². The largest absolute Gasteiger partial charge is 0.342 e. The molecular weight excluding hydrogens is 446 g/mol. The highest BCUT2D eigenvalue weighted by Crippen LogP contribution is 2.25. The minimum Gasteiger partial charge on any atom is -0.342 e. The van der Waals surface area contributed by atoms with Gasteiger partial charge in [0.2, 0.25) is 5.91 Å². The third-order valence-electron chi connectivity index (χ3n) is 6.52. The third kappa shape index (κ3) is 5.45. The minimum atomic E-state index is -0.334. The van der Waals surface area contributed by atoms with Crippen LogP contribution in [0.5, 0.6) is 0 Å². The molecule has 7 heteroatoms. The van der Waals surface area contributed by atoms with E-state index in [2.05, 4.69) is 4.98 Å². The number of nitrogens with zero attached hydrogens (tertiary/aromatic N) is 4. The molecule has 1 aliphatic heterocycles. The molecule has 0 N–H and O–H groups in total. The monoisotopic (exact) mass is 472 g/mol. The lowest BCUT2D eigenvalue weighted by atomic mass is 9.92. The van der Waals surface area contributed by atoms with Crippen LogP contribution in [0.3, 0.4) is 0 Å². The fourth-order valence-electron chi connectivity index (χ4n) is 4.58. The van der Waals surface area contributed by atoms with Crippen molar-refractivity contribution in [3.8, 4) is 16.9 Å². The van der Waals surface area contributed by atoms with E-state index in [4.69, 9.17) is 4.98 Å². The van der Waals surface area contributed by atoms with E-state index in [0.29, 0.717) is 36.2 Å². The van der Waals surface area contributed by atoms with Crippen molar-refractivity contribution in [2.45, 2.75) is 25.7 Å². The molecule has 0 radical (unpaired) electrons. The van der Waals surface area contributed by atoms with Crippen molar-refractivity contribution in [1.29, 1.82) is 0 Å². The van der Waals surface area contributed by atoms with Crippen molar-refractivity contribution in [1.82, 2.24) is 19.4 Å². The molecule has 178 valence electrons. The van der Waals surface area contributed by atoms with Gasteiger partial charge in [0, 0.05) is 42.4 Å². The number of hydrogen-bond acceptors (Lipinski definition) is 3. The topological polar surface area (TPSA) is 51.0 Å². The van der Waals surface area contributed by atoms with Gasteiger partial charge in [-0.3, -0.25) is 9.78 Å². The first kappa shape index (κ1) is 22.9. The smallest absolute Gasteiger partial charge is 0.230 e. The third-order valence-corrected chi connectivity index (χ3v) is 6.52. The second kappa shape index (κ2) is 10.2. The van der Waals surface area contributed by atoms with Gasteiger partial charge in [-0.15, -0.1) is 0 Å². The summed E-state index contributed by atoms with van der Waals surface area (Å²) in [5, 5.41) is 0. The molecule has 1 amide bonds. The Hall–Kier alpha value is -3.87. The molecule has 0 bridgehead atoms. The van der Waals surface area contributed by atoms with E-state index in [1.807, 2.05) is 40.1 Å². The van der Waals surface area contributed by atoms with E-state index < -0.39 is 0 Å². The van der Waals surface area contributed by atoms with Gasteiger partial charge in [-0.2, -0.15) is 0 Å². The highest BCUT2D eigenvalue weighted by atomic mass is 19.1. The zero-order valence-electron chi connectivity index (χ0n) is 19.3. The van der Waals surface area contributed by atoms with Crippen molar-refractivity contribution in [3.05, 3.63) is 102 Å². The van der Waals surface area contributed by atoms with Crippen LogP contribution in [0.2, 0.25) is 0 Å². The van der Waals surface area contributed by atoms with Crippen LogP contribution in [0.1, 0.15) is 24.4 Å². The number of benzene rings is 2. The molecule has 0 saturated carbocycles. The van der Waals surface area contributed by atoms with Crippen LogP contribution in [-0.4, -0.2) is 38.4 Å². The second-order valence-corrected chi connectivity index (χ2v) is 8.92. The van der Waals surface area contributed by atoms with Crippen molar-refractivity contribution in [3.63, 3.8) is 0 Å². The van der Waals surface area contributed by atoms with Gasteiger partial charge in [0.25, 0.3) is 0 Å². The Balaban J connectivity index is 1.31. The quantitative estimate of drug-likeness (QED) is 0.386. The molecule has 1 saturated heterocycles. The zero-order chi connectivity index (χ0) is 24.2. The molecule has 2 aromatic carbocycles. The van der Waals surface area contributed by atoms with Gasteiger partial charge in [0.15, 0.2) is 0 Å². The van der Waals surface area contributed by atoms with Gasteiger partial charge in [-0.1, -0.05) is 6.07 Å². The Morgan fingerprint density at radius 3 is 2.26 bits per heavy atom. The number of piperidine rings is 1. The van der Waals surface area contributed by atoms with Crippen LogP contribution in [0.25, 0.3) is 16.9 Å². The number of aromatic nitrogens is 3. The van der Waals surface area contributed by atoms with Crippen molar-refractivity contribution < 1.29 is 13.6 Å². The van der Waals surface area contributed by atoms with Crippen LogP contribution in [0, 0.1) is 17.6 Å². The summed E-state index contributed by atoms with van der Waals surface area (Å²) < 4.78 is 28.7. The average Bonchev–Trinajstić information content (AvgIpc) is 3.29. The Morgan fingerprint density at radius 2 is 1.60 bits per heavy atom. The van der Waals surface area contributed by atoms with E-state index in [1.165, 1.54) is 24.3 Å². The highest BCUT2D eigenvalue weighted by Gasteiger charge is 2.25. The maximum Gasteiger partial charge on any atom is 0.230 e. The summed E-state index contributed by atoms with van der Waals surface area (Å²) in [4.78, 5) is 24.2. The molecule has 0 unspecified atom stereocenters. The van der Waals surface area contributed by atoms with Crippen LogP contribution < -0.4 is 0 Å². The maximum atomic E-state index is 13.5. The normalized spacial score (nSPS) is 14.3. The number of carbonyl (C=O) groups excluding carboxylic acids is 1. The summed E-state index contributed by atoms with van der Waals surface area (Å²) in [7, 11) is 0. The first-order valence-electron chi connectivity index (χ1n) is 11.8. The molecule has 1 aliphatic rings. The van der Waals surface area contributed by atoms with Crippen LogP contribution >= 0.6 is 0 Å². The first-order chi connectivity index (χ1) is 17.0. The predicted octanol–water partition coefficient (Wildman–Crippen LogP) is 5.24. The molecule has 1 fully saturated rings. The Bertz CT molecular complexity index is 1280. The minimum absolute atomic E-state index is 0.0147. The molecule has 2 aromatic heterocycles. The average molecular weight is 473 g/mol. The van der Waals surface area contributed by atoms with E-state index in [0.717, 1.165) is 30.5 Å². The summed E-state index contributed by atoms with van der Waals surface area (Å²) in [5.74, 6) is 0.435. The molecule has 5 nitrogen and oxygen atoms in total. The van der Waals surface area contributed by atoms with Crippen LogP contribution in [0.4, 0.5) is 8.78 Å². The number of likely N-dealkylation sites (tertiary alicyclic amines) is 1. The number of imidazole rings is 1. The first-order valence-corrected chi connectivity index (χ1v) is 11.8. The number of amides is 1. The summed E-state index contributed by atoms with van der Waals surface area (Å²) >= 11 is 0. The number of hydrogen-bond donors (Lipinski definition) is 0. The molecule has 0 aliphatic carbocycles. The van der Waals surface area contributed by atoms with Gasteiger partial charge in [0.05, 0.1) is 12.1 Å².